The van der Waals surface area contributed by atoms with Crippen molar-refractivity contribution in [1.82, 2.24) is 18.9 Å². The minimum absolute atomic E-state index is 0.200. The first kappa shape index (κ1) is 26.7. The van der Waals surface area contributed by atoms with Crippen LogP contribution in [-0.2, 0) is 10.0 Å². The van der Waals surface area contributed by atoms with Gasteiger partial charge < -0.3 is 10.1 Å². The molecule has 1 N–H and O–H groups in total. The number of hydrogen-bond acceptors (Lipinski definition) is 6. The fraction of sp³-hybridized carbons (Fsp3) is 0.143. The van der Waals surface area contributed by atoms with E-state index in [4.69, 9.17) is 24.2 Å². The topological polar surface area (TPSA) is 88.8 Å². The highest BCUT2D eigenvalue weighted by atomic mass is 35.5. The number of nitrogens with zero attached hydrogens (tertiary/aromatic N) is 4. The van der Waals surface area contributed by atoms with Gasteiger partial charge >= 0.3 is 0 Å². The molecule has 0 bridgehead atoms. The Balaban J connectivity index is 1.23. The summed E-state index contributed by atoms with van der Waals surface area (Å²) in [5.41, 5.74) is 2.38. The Bertz CT molecular complexity index is 1700. The predicted octanol–water partition coefficient (Wildman–Crippen LogP) is 4.76. The normalized spacial score (nSPS) is 11.7. The van der Waals surface area contributed by atoms with Crippen molar-refractivity contribution in [2.24, 2.45) is 0 Å². The standard InChI is InChI=1S/C28H25BClN5O3S/c1-34(39(36,37)22-14-12-21(13-15-22)38-20-8-3-2-4-9-20)17-7-16-31-27-18-26(23-10-5-6-11-25(23)30)33-28-24(29)19-32-35(27)28/h2-6,8-15,18-19,31H,7,16-17H2,1H3. The van der Waals surface area contributed by atoms with Gasteiger partial charge in [0.15, 0.2) is 5.65 Å². The summed E-state index contributed by atoms with van der Waals surface area (Å²) >= 11 is 6.39. The number of fused-ring (bicyclic) bond motifs is 1. The number of hydrogen-bond donors (Lipinski definition) is 1. The molecule has 3 aromatic carbocycles. The molecule has 196 valence electrons. The zero-order valence-corrected chi connectivity index (χ0v) is 22.7. The van der Waals surface area contributed by atoms with E-state index in [1.54, 1.807) is 48.1 Å². The number of aromatic nitrogens is 3. The molecule has 0 amide bonds. The highest BCUT2D eigenvalue weighted by molar-refractivity contribution is 7.89. The van der Waals surface area contributed by atoms with Crippen LogP contribution in [0.4, 0.5) is 5.82 Å². The third-order valence-electron chi connectivity index (χ3n) is 6.12. The molecule has 5 aromatic rings. The van der Waals surface area contributed by atoms with E-state index in [2.05, 4.69) is 15.4 Å². The number of para-hydroxylation sites is 1. The van der Waals surface area contributed by atoms with Gasteiger partial charge in [0.25, 0.3) is 0 Å². The molecule has 39 heavy (non-hydrogen) atoms. The molecular weight excluding hydrogens is 533 g/mol. The number of anilines is 1. The van der Waals surface area contributed by atoms with Crippen LogP contribution in [0.3, 0.4) is 0 Å². The van der Waals surface area contributed by atoms with E-state index in [0.717, 1.165) is 5.56 Å². The van der Waals surface area contributed by atoms with Crippen molar-refractivity contribution in [2.45, 2.75) is 11.3 Å². The molecular formula is C28H25BClN5O3S. The fourth-order valence-electron chi connectivity index (χ4n) is 4.04. The summed E-state index contributed by atoms with van der Waals surface area (Å²) in [5.74, 6) is 1.92. The summed E-state index contributed by atoms with van der Waals surface area (Å²) in [5, 5.41) is 8.22. The van der Waals surface area contributed by atoms with E-state index in [1.807, 2.05) is 54.6 Å². The van der Waals surface area contributed by atoms with E-state index in [9.17, 15) is 8.42 Å². The van der Waals surface area contributed by atoms with Gasteiger partial charge in [-0.1, -0.05) is 48.0 Å². The molecule has 2 radical (unpaired) electrons. The lowest BCUT2D eigenvalue weighted by Gasteiger charge is -2.18. The van der Waals surface area contributed by atoms with Crippen LogP contribution in [-0.4, -0.2) is 55.3 Å². The van der Waals surface area contributed by atoms with Gasteiger partial charge in [-0.3, -0.25) is 0 Å². The molecule has 0 aliphatic carbocycles. The Labute approximate surface area is 233 Å². The lowest BCUT2D eigenvalue weighted by atomic mass is 10.0. The van der Waals surface area contributed by atoms with Crippen molar-refractivity contribution in [2.75, 3.05) is 25.5 Å². The van der Waals surface area contributed by atoms with Crippen LogP contribution in [0.15, 0.2) is 96.0 Å². The van der Waals surface area contributed by atoms with E-state index in [1.165, 1.54) is 4.31 Å². The first-order valence-corrected chi connectivity index (χ1v) is 14.1. The van der Waals surface area contributed by atoms with Crippen molar-refractivity contribution < 1.29 is 13.2 Å². The third-order valence-corrected chi connectivity index (χ3v) is 8.32. The molecule has 11 heteroatoms. The first-order valence-electron chi connectivity index (χ1n) is 12.3. The lowest BCUT2D eigenvalue weighted by molar-refractivity contribution is 0.464. The Morgan fingerprint density at radius 3 is 2.44 bits per heavy atom. The van der Waals surface area contributed by atoms with Gasteiger partial charge in [-0.15, -0.1) is 0 Å². The molecule has 0 aliphatic rings. The van der Waals surface area contributed by atoms with Gasteiger partial charge in [-0.05, 0) is 54.3 Å². The SMILES string of the molecule is [B]c1cnn2c(NCCCN(C)S(=O)(=O)c3ccc(Oc4ccccc4)cc3)cc(-c3ccccc3Cl)nc12. The molecule has 0 fully saturated rings. The molecule has 2 heterocycles. The summed E-state index contributed by atoms with van der Waals surface area (Å²) in [4.78, 5) is 4.83. The smallest absolute Gasteiger partial charge is 0.242 e. The minimum Gasteiger partial charge on any atom is -0.457 e. The average Bonchev–Trinajstić information content (AvgIpc) is 3.32. The summed E-state index contributed by atoms with van der Waals surface area (Å²) in [6.45, 7) is 0.801. The van der Waals surface area contributed by atoms with E-state index in [0.29, 0.717) is 58.7 Å². The van der Waals surface area contributed by atoms with Crippen LogP contribution in [0, 0.1) is 0 Å². The zero-order valence-electron chi connectivity index (χ0n) is 21.2. The van der Waals surface area contributed by atoms with Crippen LogP contribution in [0.1, 0.15) is 6.42 Å². The summed E-state index contributed by atoms with van der Waals surface area (Å²) < 4.78 is 34.9. The molecule has 8 nitrogen and oxygen atoms in total. The Kier molecular flexibility index (Phi) is 7.88. The number of benzene rings is 3. The molecule has 0 spiro atoms. The van der Waals surface area contributed by atoms with Crippen molar-refractivity contribution >= 4 is 46.4 Å². The van der Waals surface area contributed by atoms with Gasteiger partial charge in [-0.2, -0.15) is 9.61 Å². The fourth-order valence-corrected chi connectivity index (χ4v) is 5.48. The molecule has 5 rings (SSSR count). The van der Waals surface area contributed by atoms with Gasteiger partial charge in [0.1, 0.15) is 25.2 Å². The van der Waals surface area contributed by atoms with Crippen LogP contribution in [0.5, 0.6) is 11.5 Å². The Morgan fingerprint density at radius 2 is 1.69 bits per heavy atom. The van der Waals surface area contributed by atoms with Crippen molar-refractivity contribution in [3.8, 4) is 22.8 Å². The lowest BCUT2D eigenvalue weighted by Crippen LogP contribution is -2.29. The van der Waals surface area contributed by atoms with Crippen molar-refractivity contribution in [1.29, 1.82) is 0 Å². The Morgan fingerprint density at radius 1 is 1.00 bits per heavy atom. The first-order chi connectivity index (χ1) is 18.8. The van der Waals surface area contributed by atoms with Gasteiger partial charge in [0.2, 0.25) is 10.0 Å². The van der Waals surface area contributed by atoms with Crippen LogP contribution in [0.25, 0.3) is 16.9 Å². The summed E-state index contributed by atoms with van der Waals surface area (Å²) in [6, 6.07) is 25.0. The monoisotopic (exact) mass is 557 g/mol. The number of sulfonamides is 1. The predicted molar refractivity (Wildman–Crippen MR) is 155 cm³/mol. The second-order valence-corrected chi connectivity index (χ2v) is 11.3. The molecule has 0 saturated heterocycles. The molecule has 0 aliphatic heterocycles. The largest absolute Gasteiger partial charge is 0.457 e. The van der Waals surface area contributed by atoms with E-state index >= 15 is 0 Å². The van der Waals surface area contributed by atoms with Crippen LogP contribution < -0.4 is 15.5 Å². The highest BCUT2D eigenvalue weighted by Gasteiger charge is 2.20. The number of halogens is 1. The number of ether oxygens (including phenoxy) is 1. The maximum absolute atomic E-state index is 13.1. The molecule has 0 atom stereocenters. The van der Waals surface area contributed by atoms with E-state index < -0.39 is 10.0 Å². The van der Waals surface area contributed by atoms with Crippen LogP contribution in [0.2, 0.25) is 5.02 Å². The quantitative estimate of drug-likeness (QED) is 0.197. The zero-order chi connectivity index (χ0) is 27.4. The third kappa shape index (κ3) is 5.93. The van der Waals surface area contributed by atoms with Crippen molar-refractivity contribution in [3.63, 3.8) is 0 Å². The highest BCUT2D eigenvalue weighted by Crippen LogP contribution is 2.28. The van der Waals surface area contributed by atoms with Crippen molar-refractivity contribution in [3.05, 3.63) is 96.1 Å². The summed E-state index contributed by atoms with van der Waals surface area (Å²) in [7, 11) is 3.99. The minimum atomic E-state index is -3.66. The maximum Gasteiger partial charge on any atom is 0.242 e. The number of rotatable bonds is 10. The van der Waals surface area contributed by atoms with Gasteiger partial charge in [0, 0.05) is 43.0 Å². The number of nitrogens with one attached hydrogen (secondary N) is 1. The molecule has 2 aromatic heterocycles. The molecule has 0 unspecified atom stereocenters. The van der Waals surface area contributed by atoms with E-state index in [-0.39, 0.29) is 4.90 Å². The summed E-state index contributed by atoms with van der Waals surface area (Å²) in [6.07, 6.45) is 2.09. The Hall–Kier alpha value is -3.86. The second kappa shape index (κ2) is 11.5. The molecule has 0 saturated carbocycles. The van der Waals surface area contributed by atoms with Crippen LogP contribution >= 0.6 is 11.6 Å². The average molecular weight is 558 g/mol. The second-order valence-electron chi connectivity index (χ2n) is 8.84. The van der Waals surface area contributed by atoms with Gasteiger partial charge in [0.05, 0.1) is 10.6 Å². The van der Waals surface area contributed by atoms with Gasteiger partial charge in [-0.25, -0.2) is 17.7 Å². The maximum atomic E-state index is 13.1.